The molecular weight excluding hydrogens is 224 g/mol. The summed E-state index contributed by atoms with van der Waals surface area (Å²) in [5.41, 5.74) is 9.03. The summed E-state index contributed by atoms with van der Waals surface area (Å²) >= 11 is 0. The van der Waals surface area contributed by atoms with Gasteiger partial charge in [-0.25, -0.2) is 0 Å². The Morgan fingerprint density at radius 2 is 1.89 bits per heavy atom. The number of benzene rings is 1. The molecule has 0 radical (unpaired) electrons. The molecule has 0 aliphatic carbocycles. The van der Waals surface area contributed by atoms with Gasteiger partial charge >= 0.3 is 0 Å². The van der Waals surface area contributed by atoms with E-state index in [2.05, 4.69) is 4.98 Å². The van der Waals surface area contributed by atoms with E-state index in [4.69, 9.17) is 10.5 Å². The zero-order valence-corrected chi connectivity index (χ0v) is 10.8. The highest BCUT2D eigenvalue weighted by Crippen LogP contribution is 2.25. The number of nitrogens with two attached hydrogens (primary N) is 1. The molecule has 2 rings (SSSR count). The summed E-state index contributed by atoms with van der Waals surface area (Å²) in [6.07, 6.45) is 3.79. The summed E-state index contributed by atoms with van der Waals surface area (Å²) in [5, 5.41) is 0. The Hall–Kier alpha value is -1.87. The second kappa shape index (κ2) is 5.65. The third-order valence-corrected chi connectivity index (χ3v) is 2.66. The molecule has 3 heteroatoms. The van der Waals surface area contributed by atoms with Gasteiger partial charge in [0.1, 0.15) is 5.75 Å². The fraction of sp³-hybridized carbons (Fsp3) is 0.267. The zero-order valence-electron chi connectivity index (χ0n) is 10.8. The normalized spacial score (nSPS) is 10.7. The second-order valence-corrected chi connectivity index (χ2v) is 4.43. The number of aromatic nitrogens is 1. The number of pyridine rings is 1. The minimum atomic E-state index is 0.191. The van der Waals surface area contributed by atoms with Crippen LogP contribution in [-0.2, 0) is 6.54 Å². The van der Waals surface area contributed by atoms with Crippen LogP contribution < -0.4 is 10.5 Å². The Balaban J connectivity index is 2.28. The number of rotatable bonds is 4. The van der Waals surface area contributed by atoms with E-state index in [1.807, 2.05) is 50.4 Å². The Kier molecular flexibility index (Phi) is 3.95. The largest absolute Gasteiger partial charge is 0.491 e. The van der Waals surface area contributed by atoms with Gasteiger partial charge in [0.05, 0.1) is 6.10 Å². The Morgan fingerprint density at radius 3 is 2.50 bits per heavy atom. The Labute approximate surface area is 108 Å². The third kappa shape index (κ3) is 2.87. The summed E-state index contributed by atoms with van der Waals surface area (Å²) < 4.78 is 5.62. The molecule has 0 unspecified atom stereocenters. The number of nitrogens with zero attached hydrogens (tertiary/aromatic N) is 1. The molecule has 94 valence electrons. The van der Waals surface area contributed by atoms with Crippen LogP contribution in [0.15, 0.2) is 42.7 Å². The Morgan fingerprint density at radius 1 is 1.17 bits per heavy atom. The lowest BCUT2D eigenvalue weighted by atomic mass is 10.0. The molecule has 2 N–H and O–H groups in total. The van der Waals surface area contributed by atoms with Crippen LogP contribution >= 0.6 is 0 Å². The average Bonchev–Trinajstić information content (AvgIpc) is 2.39. The monoisotopic (exact) mass is 242 g/mol. The van der Waals surface area contributed by atoms with Crippen LogP contribution in [0, 0.1) is 0 Å². The molecule has 0 fully saturated rings. The van der Waals surface area contributed by atoms with Gasteiger partial charge in [-0.15, -0.1) is 0 Å². The predicted octanol–water partition coefficient (Wildman–Crippen LogP) is 2.99. The third-order valence-electron chi connectivity index (χ3n) is 2.66. The van der Waals surface area contributed by atoms with Crippen molar-refractivity contribution in [1.29, 1.82) is 0 Å². The van der Waals surface area contributed by atoms with Crippen LogP contribution in [0.4, 0.5) is 0 Å². The molecule has 18 heavy (non-hydrogen) atoms. The van der Waals surface area contributed by atoms with Crippen LogP contribution in [0.25, 0.3) is 11.1 Å². The van der Waals surface area contributed by atoms with Crippen molar-refractivity contribution in [2.24, 2.45) is 5.73 Å². The van der Waals surface area contributed by atoms with Crippen molar-refractivity contribution >= 4 is 0 Å². The highest BCUT2D eigenvalue weighted by Gasteiger charge is 2.04. The van der Waals surface area contributed by atoms with E-state index in [1.165, 1.54) is 0 Å². The smallest absolute Gasteiger partial charge is 0.119 e. The molecule has 1 aromatic heterocycles. The van der Waals surface area contributed by atoms with E-state index in [0.717, 1.165) is 22.4 Å². The number of ether oxygens (including phenoxy) is 1. The van der Waals surface area contributed by atoms with E-state index in [0.29, 0.717) is 6.54 Å². The van der Waals surface area contributed by atoms with E-state index < -0.39 is 0 Å². The summed E-state index contributed by atoms with van der Waals surface area (Å²) in [5.74, 6) is 0.886. The second-order valence-electron chi connectivity index (χ2n) is 4.43. The van der Waals surface area contributed by atoms with E-state index in [-0.39, 0.29) is 6.10 Å². The number of hydrogen-bond acceptors (Lipinski definition) is 3. The maximum Gasteiger partial charge on any atom is 0.119 e. The Bertz CT molecular complexity index is 506. The molecule has 0 spiro atoms. The molecule has 0 saturated carbocycles. The summed E-state index contributed by atoms with van der Waals surface area (Å²) in [4.78, 5) is 4.09. The average molecular weight is 242 g/mol. The van der Waals surface area contributed by atoms with E-state index in [9.17, 15) is 0 Å². The van der Waals surface area contributed by atoms with Gasteiger partial charge in [-0.2, -0.15) is 0 Å². The van der Waals surface area contributed by atoms with Crippen LogP contribution in [0.1, 0.15) is 19.4 Å². The highest BCUT2D eigenvalue weighted by molar-refractivity contribution is 5.67. The van der Waals surface area contributed by atoms with Crippen LogP contribution in [0.3, 0.4) is 0 Å². The van der Waals surface area contributed by atoms with Crippen LogP contribution in [-0.4, -0.2) is 11.1 Å². The van der Waals surface area contributed by atoms with Gasteiger partial charge in [-0.05, 0) is 48.7 Å². The molecule has 0 aliphatic rings. The lowest BCUT2D eigenvalue weighted by Gasteiger charge is -2.11. The minimum Gasteiger partial charge on any atom is -0.491 e. The lowest BCUT2D eigenvalue weighted by Crippen LogP contribution is -2.05. The molecule has 1 heterocycles. The van der Waals surface area contributed by atoms with Crippen LogP contribution in [0.5, 0.6) is 5.75 Å². The van der Waals surface area contributed by atoms with Crippen molar-refractivity contribution in [1.82, 2.24) is 4.98 Å². The van der Waals surface area contributed by atoms with Crippen molar-refractivity contribution in [3.8, 4) is 16.9 Å². The van der Waals surface area contributed by atoms with Gasteiger partial charge in [0.2, 0.25) is 0 Å². The molecule has 0 atom stereocenters. The van der Waals surface area contributed by atoms with Gasteiger partial charge in [0.25, 0.3) is 0 Å². The standard InChI is InChI=1S/C15H18N2O/c1-11(2)18-14-5-3-12(4-6-14)15-7-8-17-10-13(15)9-16/h3-8,10-11H,9,16H2,1-2H3. The lowest BCUT2D eigenvalue weighted by molar-refractivity contribution is 0.242. The summed E-state index contributed by atoms with van der Waals surface area (Å²) in [6, 6.07) is 10.0. The quantitative estimate of drug-likeness (QED) is 0.896. The van der Waals surface area contributed by atoms with E-state index in [1.54, 1.807) is 6.20 Å². The van der Waals surface area contributed by atoms with Crippen molar-refractivity contribution in [3.63, 3.8) is 0 Å². The first kappa shape index (κ1) is 12.6. The molecule has 0 bridgehead atoms. The maximum absolute atomic E-state index is 5.72. The molecule has 0 amide bonds. The van der Waals surface area contributed by atoms with Crippen molar-refractivity contribution in [2.45, 2.75) is 26.5 Å². The zero-order chi connectivity index (χ0) is 13.0. The molecule has 0 saturated heterocycles. The van der Waals surface area contributed by atoms with E-state index >= 15 is 0 Å². The summed E-state index contributed by atoms with van der Waals surface area (Å²) in [7, 11) is 0. The molecule has 2 aromatic rings. The van der Waals surface area contributed by atoms with Crippen molar-refractivity contribution < 1.29 is 4.74 Å². The first-order valence-electron chi connectivity index (χ1n) is 6.10. The molecular formula is C15H18N2O. The first-order chi connectivity index (χ1) is 8.70. The van der Waals surface area contributed by atoms with Gasteiger partial charge in [0, 0.05) is 18.9 Å². The fourth-order valence-electron chi connectivity index (χ4n) is 1.86. The van der Waals surface area contributed by atoms with Crippen molar-refractivity contribution in [2.75, 3.05) is 0 Å². The predicted molar refractivity (Wildman–Crippen MR) is 73.3 cm³/mol. The van der Waals surface area contributed by atoms with Crippen molar-refractivity contribution in [3.05, 3.63) is 48.3 Å². The fourth-order valence-corrected chi connectivity index (χ4v) is 1.86. The van der Waals surface area contributed by atoms with Gasteiger partial charge in [-0.3, -0.25) is 4.98 Å². The SMILES string of the molecule is CC(C)Oc1ccc(-c2ccncc2CN)cc1. The first-order valence-corrected chi connectivity index (χ1v) is 6.10. The van der Waals surface area contributed by atoms with Gasteiger partial charge in [0.15, 0.2) is 0 Å². The molecule has 1 aromatic carbocycles. The minimum absolute atomic E-state index is 0.191. The van der Waals surface area contributed by atoms with Gasteiger partial charge in [-0.1, -0.05) is 12.1 Å². The van der Waals surface area contributed by atoms with Crippen LogP contribution in [0.2, 0.25) is 0 Å². The summed E-state index contributed by atoms with van der Waals surface area (Å²) in [6.45, 7) is 4.53. The highest BCUT2D eigenvalue weighted by atomic mass is 16.5. The molecule has 0 aliphatic heterocycles. The number of hydrogen-bond donors (Lipinski definition) is 1. The maximum atomic E-state index is 5.72. The molecule has 3 nitrogen and oxygen atoms in total. The topological polar surface area (TPSA) is 48.1 Å². The van der Waals surface area contributed by atoms with Gasteiger partial charge < -0.3 is 10.5 Å².